The maximum atomic E-state index is 13.9. The predicted molar refractivity (Wildman–Crippen MR) is 161 cm³/mol. The zero-order chi connectivity index (χ0) is 30.2. The Balaban J connectivity index is 2.01. The molecule has 11 heteroatoms. The molecule has 0 fully saturated rings. The molecule has 41 heavy (non-hydrogen) atoms. The van der Waals surface area contributed by atoms with Crippen molar-refractivity contribution < 1.29 is 27.1 Å². The van der Waals surface area contributed by atoms with E-state index in [0.717, 1.165) is 4.31 Å². The molecule has 0 saturated heterocycles. The molecule has 3 rings (SSSR count). The van der Waals surface area contributed by atoms with Crippen LogP contribution in [0, 0.1) is 11.7 Å². The van der Waals surface area contributed by atoms with E-state index in [-0.39, 0.29) is 29.0 Å². The average molecular weight is 649 g/mol. The Morgan fingerprint density at radius 1 is 0.951 bits per heavy atom. The molecule has 8 nitrogen and oxygen atoms in total. The number of hydrogen-bond acceptors (Lipinski definition) is 5. The summed E-state index contributed by atoms with van der Waals surface area (Å²) in [5.74, 6) is -0.666. The van der Waals surface area contributed by atoms with Gasteiger partial charge in [-0.25, -0.2) is 12.8 Å². The number of nitrogens with one attached hydrogen (secondary N) is 1. The molecule has 0 radical (unpaired) electrons. The van der Waals surface area contributed by atoms with Gasteiger partial charge in [0.25, 0.3) is 10.0 Å². The van der Waals surface area contributed by atoms with E-state index in [1.807, 2.05) is 20.8 Å². The van der Waals surface area contributed by atoms with Crippen molar-refractivity contribution in [2.24, 2.45) is 5.92 Å². The van der Waals surface area contributed by atoms with Crippen LogP contribution in [-0.4, -0.2) is 50.9 Å². The summed E-state index contributed by atoms with van der Waals surface area (Å²) < 4.78 is 48.5. The van der Waals surface area contributed by atoms with Gasteiger partial charge in [-0.1, -0.05) is 41.9 Å². The van der Waals surface area contributed by atoms with E-state index >= 15 is 0 Å². The number of carbonyl (C=O) groups is 2. The number of halogens is 2. The topological polar surface area (TPSA) is 96.0 Å². The summed E-state index contributed by atoms with van der Waals surface area (Å²) in [5.41, 5.74) is 0.843. The average Bonchev–Trinajstić information content (AvgIpc) is 2.94. The lowest BCUT2D eigenvalue weighted by Crippen LogP contribution is -2.51. The highest BCUT2D eigenvalue weighted by atomic mass is 79.9. The first-order chi connectivity index (χ1) is 19.4. The largest absolute Gasteiger partial charge is 0.494 e. The summed E-state index contributed by atoms with van der Waals surface area (Å²) in [5, 5.41) is 2.83. The summed E-state index contributed by atoms with van der Waals surface area (Å²) in [4.78, 5) is 28.2. The number of anilines is 1. The molecule has 0 bridgehead atoms. The number of nitrogens with zero attached hydrogens (tertiary/aromatic N) is 2. The third kappa shape index (κ3) is 8.77. The minimum absolute atomic E-state index is 0.00445. The molecule has 0 aliphatic rings. The van der Waals surface area contributed by atoms with Crippen LogP contribution in [-0.2, 0) is 26.2 Å². The fraction of sp³-hybridized carbons (Fsp3) is 0.333. The summed E-state index contributed by atoms with van der Waals surface area (Å²) in [6, 6.07) is 17.2. The van der Waals surface area contributed by atoms with Gasteiger partial charge in [-0.15, -0.1) is 0 Å². The van der Waals surface area contributed by atoms with E-state index in [1.54, 1.807) is 43.3 Å². The minimum atomic E-state index is -4.20. The van der Waals surface area contributed by atoms with Crippen LogP contribution in [0.1, 0.15) is 33.3 Å². The van der Waals surface area contributed by atoms with Crippen molar-refractivity contribution in [1.82, 2.24) is 10.2 Å². The Morgan fingerprint density at radius 3 is 2.12 bits per heavy atom. The molecule has 1 atom stereocenters. The highest BCUT2D eigenvalue weighted by Crippen LogP contribution is 2.27. The van der Waals surface area contributed by atoms with Crippen molar-refractivity contribution in [3.63, 3.8) is 0 Å². The standard InChI is InChI=1S/C30H35BrFN3O5S/c1-5-40-27-14-12-26(13-15-27)35(41(38,39)28-16-8-24(31)9-17-28)20-29(36)34(19-23-6-10-25(32)11-7-23)22(4)30(37)33-18-21(2)3/h6-17,21-22H,5,18-20H2,1-4H3,(H,33,37)/t22-/m1/s1. The maximum absolute atomic E-state index is 13.9. The van der Waals surface area contributed by atoms with E-state index in [2.05, 4.69) is 21.2 Å². The van der Waals surface area contributed by atoms with Gasteiger partial charge in [0.2, 0.25) is 11.8 Å². The lowest BCUT2D eigenvalue weighted by molar-refractivity contribution is -0.139. The molecule has 0 aliphatic carbocycles. The van der Waals surface area contributed by atoms with Crippen LogP contribution in [0.3, 0.4) is 0 Å². The second-order valence-corrected chi connectivity index (χ2v) is 12.6. The monoisotopic (exact) mass is 647 g/mol. The molecule has 0 aromatic heterocycles. The summed E-state index contributed by atoms with van der Waals surface area (Å²) in [7, 11) is -4.20. The van der Waals surface area contributed by atoms with Gasteiger partial charge in [0.15, 0.2) is 0 Å². The van der Waals surface area contributed by atoms with Crippen LogP contribution in [0.4, 0.5) is 10.1 Å². The number of sulfonamides is 1. The quantitative estimate of drug-likeness (QED) is 0.269. The Hall–Kier alpha value is -3.44. The lowest BCUT2D eigenvalue weighted by Gasteiger charge is -2.32. The first-order valence-electron chi connectivity index (χ1n) is 13.2. The van der Waals surface area contributed by atoms with Crippen molar-refractivity contribution in [2.45, 2.75) is 45.2 Å². The van der Waals surface area contributed by atoms with Crippen LogP contribution < -0.4 is 14.4 Å². The Bertz CT molecular complexity index is 1420. The molecular formula is C30H35BrFN3O5S. The number of amides is 2. The lowest BCUT2D eigenvalue weighted by atomic mass is 10.1. The molecule has 220 valence electrons. The Labute approximate surface area is 249 Å². The Kier molecular flexibility index (Phi) is 11.3. The van der Waals surface area contributed by atoms with Crippen molar-refractivity contribution in [3.8, 4) is 5.75 Å². The van der Waals surface area contributed by atoms with Crippen LogP contribution >= 0.6 is 15.9 Å². The number of rotatable bonds is 13. The number of hydrogen-bond donors (Lipinski definition) is 1. The van der Waals surface area contributed by atoms with Crippen LogP contribution in [0.15, 0.2) is 82.2 Å². The highest BCUT2D eigenvalue weighted by Gasteiger charge is 2.32. The van der Waals surface area contributed by atoms with Gasteiger partial charge in [0, 0.05) is 17.6 Å². The molecule has 3 aromatic carbocycles. The zero-order valence-corrected chi connectivity index (χ0v) is 25.9. The van der Waals surface area contributed by atoms with Gasteiger partial charge >= 0.3 is 0 Å². The van der Waals surface area contributed by atoms with Crippen LogP contribution in [0.25, 0.3) is 0 Å². The van der Waals surface area contributed by atoms with Crippen LogP contribution in [0.2, 0.25) is 0 Å². The fourth-order valence-corrected chi connectivity index (χ4v) is 5.64. The van der Waals surface area contributed by atoms with Crippen molar-refractivity contribution in [2.75, 3.05) is 24.0 Å². The number of benzene rings is 3. The molecule has 0 heterocycles. The molecule has 0 spiro atoms. The van der Waals surface area contributed by atoms with Gasteiger partial charge < -0.3 is 15.0 Å². The molecular weight excluding hydrogens is 613 g/mol. The second kappa shape index (κ2) is 14.5. The molecule has 0 unspecified atom stereocenters. The molecule has 3 aromatic rings. The third-order valence-corrected chi connectivity index (χ3v) is 8.55. The van der Waals surface area contributed by atoms with E-state index in [9.17, 15) is 22.4 Å². The van der Waals surface area contributed by atoms with Crippen LogP contribution in [0.5, 0.6) is 5.75 Å². The molecule has 1 N–H and O–H groups in total. The van der Waals surface area contributed by atoms with E-state index in [0.29, 0.717) is 28.9 Å². The molecule has 0 saturated carbocycles. The SMILES string of the molecule is CCOc1ccc(N(CC(=O)N(Cc2ccc(F)cc2)[C@H](C)C(=O)NCC(C)C)S(=O)(=O)c2ccc(Br)cc2)cc1. The van der Waals surface area contributed by atoms with Gasteiger partial charge in [0.05, 0.1) is 17.2 Å². The van der Waals surface area contributed by atoms with E-state index < -0.39 is 34.3 Å². The molecule has 0 aliphatic heterocycles. The maximum Gasteiger partial charge on any atom is 0.264 e. The third-order valence-electron chi connectivity index (χ3n) is 6.23. The predicted octanol–water partition coefficient (Wildman–Crippen LogP) is 5.37. The summed E-state index contributed by atoms with van der Waals surface area (Å²) in [6.07, 6.45) is 0. The normalized spacial score (nSPS) is 12.1. The van der Waals surface area contributed by atoms with Gasteiger partial charge in [-0.2, -0.15) is 0 Å². The fourth-order valence-electron chi connectivity index (χ4n) is 3.96. The van der Waals surface area contributed by atoms with Gasteiger partial charge in [-0.05, 0) is 86.0 Å². The minimum Gasteiger partial charge on any atom is -0.494 e. The van der Waals surface area contributed by atoms with E-state index in [4.69, 9.17) is 4.74 Å². The number of ether oxygens (including phenoxy) is 1. The summed E-state index contributed by atoms with van der Waals surface area (Å²) in [6.45, 7) is 7.58. The first-order valence-corrected chi connectivity index (χ1v) is 15.5. The zero-order valence-electron chi connectivity index (χ0n) is 23.5. The second-order valence-electron chi connectivity index (χ2n) is 9.86. The highest BCUT2D eigenvalue weighted by molar-refractivity contribution is 9.10. The first kappa shape index (κ1) is 32.1. The van der Waals surface area contributed by atoms with Crippen molar-refractivity contribution >= 4 is 43.5 Å². The van der Waals surface area contributed by atoms with Crippen molar-refractivity contribution in [3.05, 3.63) is 88.6 Å². The molecule has 2 amide bonds. The van der Waals surface area contributed by atoms with Gasteiger partial charge in [-0.3, -0.25) is 13.9 Å². The van der Waals surface area contributed by atoms with E-state index in [1.165, 1.54) is 41.3 Å². The van der Waals surface area contributed by atoms with Crippen molar-refractivity contribution in [1.29, 1.82) is 0 Å². The Morgan fingerprint density at radius 2 is 1.56 bits per heavy atom. The van der Waals surface area contributed by atoms with Gasteiger partial charge in [0.1, 0.15) is 24.2 Å². The number of carbonyl (C=O) groups excluding carboxylic acids is 2. The summed E-state index contributed by atoms with van der Waals surface area (Å²) >= 11 is 3.32. The smallest absolute Gasteiger partial charge is 0.264 e.